The van der Waals surface area contributed by atoms with Gasteiger partial charge < -0.3 is 23.9 Å². The number of methoxy groups -OCH3 is 1. The van der Waals surface area contributed by atoms with Gasteiger partial charge in [0.05, 0.1) is 26.7 Å². The van der Waals surface area contributed by atoms with E-state index in [1.165, 1.54) is 18.3 Å². The summed E-state index contributed by atoms with van der Waals surface area (Å²) >= 11 is 0. The molecule has 1 unspecified atom stereocenters. The van der Waals surface area contributed by atoms with Crippen LogP contribution in [0.15, 0.2) is 72.9 Å². The minimum atomic E-state index is -4.97. The predicted molar refractivity (Wildman–Crippen MR) is 167 cm³/mol. The lowest BCUT2D eigenvalue weighted by molar-refractivity contribution is -0.272. The van der Waals surface area contributed by atoms with Crippen LogP contribution in [0.4, 0.5) is 18.9 Å². The van der Waals surface area contributed by atoms with E-state index < -0.39 is 18.3 Å². The summed E-state index contributed by atoms with van der Waals surface area (Å²) in [6.07, 6.45) is -2.70. The van der Waals surface area contributed by atoms with Gasteiger partial charge in [-0.1, -0.05) is 36.4 Å². The fourth-order valence-electron chi connectivity index (χ4n) is 5.83. The topological polar surface area (TPSA) is 77.5 Å². The van der Waals surface area contributed by atoms with E-state index in [0.717, 1.165) is 11.1 Å². The SMILES string of the molecule is [C-]#[N+]c1ccc2c(C(O)(CN3CCC(Oc4ccc(CC(=O)OCC)cc4)CC3)C(F)(F)F)cn(Cc3ccc(OC)cc3)c2c1. The van der Waals surface area contributed by atoms with Crippen molar-refractivity contribution in [1.29, 1.82) is 0 Å². The van der Waals surface area contributed by atoms with Crippen LogP contribution in [-0.2, 0) is 28.1 Å². The van der Waals surface area contributed by atoms with Crippen LogP contribution in [0.1, 0.15) is 36.5 Å². The van der Waals surface area contributed by atoms with Crippen LogP contribution in [0, 0.1) is 6.57 Å². The van der Waals surface area contributed by atoms with Crippen LogP contribution in [0.5, 0.6) is 11.5 Å². The van der Waals surface area contributed by atoms with E-state index in [2.05, 4.69) is 4.85 Å². The summed E-state index contributed by atoms with van der Waals surface area (Å²) in [5.74, 6) is 0.959. The maximum atomic E-state index is 14.9. The molecule has 1 aliphatic rings. The smallest absolute Gasteiger partial charge is 0.422 e. The lowest BCUT2D eigenvalue weighted by Gasteiger charge is -2.39. The van der Waals surface area contributed by atoms with Gasteiger partial charge in [-0.3, -0.25) is 9.69 Å². The van der Waals surface area contributed by atoms with Gasteiger partial charge in [-0.15, -0.1) is 0 Å². The average molecular weight is 636 g/mol. The maximum absolute atomic E-state index is 14.9. The van der Waals surface area contributed by atoms with E-state index in [4.69, 9.17) is 20.8 Å². The molecule has 0 aliphatic carbocycles. The number of β-amino-alcohol motifs (C(OH)–C–C–N with tert-alkyl or cyclic N) is 1. The van der Waals surface area contributed by atoms with Crippen LogP contribution in [0.2, 0.25) is 0 Å². The zero-order chi connectivity index (χ0) is 32.9. The van der Waals surface area contributed by atoms with Crippen molar-refractivity contribution in [3.8, 4) is 11.5 Å². The highest BCUT2D eigenvalue weighted by molar-refractivity contribution is 5.88. The fourth-order valence-corrected chi connectivity index (χ4v) is 5.83. The largest absolute Gasteiger partial charge is 0.497 e. The van der Waals surface area contributed by atoms with Crippen molar-refractivity contribution in [3.63, 3.8) is 0 Å². The second-order valence-electron chi connectivity index (χ2n) is 11.4. The van der Waals surface area contributed by atoms with Gasteiger partial charge in [0.25, 0.3) is 0 Å². The fraction of sp³-hybridized carbons (Fsp3) is 0.371. The van der Waals surface area contributed by atoms with E-state index >= 15 is 0 Å². The number of hydrogen-bond donors (Lipinski definition) is 1. The molecule has 1 atom stereocenters. The van der Waals surface area contributed by atoms with Crippen molar-refractivity contribution in [2.45, 2.75) is 50.6 Å². The van der Waals surface area contributed by atoms with Gasteiger partial charge in [-0.05, 0) is 61.2 Å². The molecule has 8 nitrogen and oxygen atoms in total. The zero-order valence-electron chi connectivity index (χ0n) is 25.7. The first-order valence-corrected chi connectivity index (χ1v) is 15.1. The highest BCUT2D eigenvalue weighted by atomic mass is 19.4. The van der Waals surface area contributed by atoms with Gasteiger partial charge in [0.2, 0.25) is 5.60 Å². The lowest BCUT2D eigenvalue weighted by atomic mass is 9.91. The molecule has 1 N–H and O–H groups in total. The Labute approximate surface area is 265 Å². The van der Waals surface area contributed by atoms with Crippen molar-refractivity contribution in [2.24, 2.45) is 0 Å². The van der Waals surface area contributed by atoms with Crippen LogP contribution in [0.3, 0.4) is 0 Å². The number of carbonyl (C=O) groups is 1. The van der Waals surface area contributed by atoms with Gasteiger partial charge in [0, 0.05) is 48.8 Å². The minimum Gasteiger partial charge on any atom is -0.497 e. The summed E-state index contributed by atoms with van der Waals surface area (Å²) in [6, 6.07) is 18.8. The van der Waals surface area contributed by atoms with E-state index in [-0.39, 0.29) is 36.0 Å². The molecule has 11 heteroatoms. The van der Waals surface area contributed by atoms with E-state index in [1.54, 1.807) is 66.0 Å². The average Bonchev–Trinajstić information content (AvgIpc) is 3.40. The molecule has 0 saturated carbocycles. The number of ether oxygens (including phenoxy) is 3. The summed E-state index contributed by atoms with van der Waals surface area (Å²) < 4.78 is 62.5. The Morgan fingerprint density at radius 3 is 2.26 bits per heavy atom. The third-order valence-corrected chi connectivity index (χ3v) is 8.29. The molecule has 46 heavy (non-hydrogen) atoms. The number of esters is 1. The molecule has 0 spiro atoms. The summed E-state index contributed by atoms with van der Waals surface area (Å²) in [5, 5.41) is 11.8. The monoisotopic (exact) mass is 635 g/mol. The minimum absolute atomic E-state index is 0.162. The van der Waals surface area contributed by atoms with Crippen LogP contribution in [0.25, 0.3) is 15.7 Å². The van der Waals surface area contributed by atoms with Crippen molar-refractivity contribution < 1.29 is 37.3 Å². The maximum Gasteiger partial charge on any atom is 0.422 e. The Bertz CT molecular complexity index is 1690. The van der Waals surface area contributed by atoms with Crippen molar-refractivity contribution in [1.82, 2.24) is 9.47 Å². The number of likely N-dealkylation sites (tertiary alicyclic amines) is 1. The van der Waals surface area contributed by atoms with Gasteiger partial charge >= 0.3 is 12.1 Å². The number of carbonyl (C=O) groups excluding carboxylic acids is 1. The molecule has 1 fully saturated rings. The number of fused-ring (bicyclic) bond motifs is 1. The summed E-state index contributed by atoms with van der Waals surface area (Å²) in [4.78, 5) is 16.8. The predicted octanol–water partition coefficient (Wildman–Crippen LogP) is 6.65. The normalized spacial score (nSPS) is 15.7. The quantitative estimate of drug-likeness (QED) is 0.147. The van der Waals surface area contributed by atoms with Gasteiger partial charge in [-0.2, -0.15) is 13.2 Å². The molecule has 5 rings (SSSR count). The van der Waals surface area contributed by atoms with Gasteiger partial charge in [0.15, 0.2) is 5.69 Å². The molecule has 1 aliphatic heterocycles. The second-order valence-corrected chi connectivity index (χ2v) is 11.4. The highest BCUT2D eigenvalue weighted by Gasteiger charge is 2.57. The number of aliphatic hydroxyl groups is 1. The molecular weight excluding hydrogens is 599 g/mol. The number of hydrogen-bond acceptors (Lipinski definition) is 6. The van der Waals surface area contributed by atoms with Gasteiger partial charge in [0.1, 0.15) is 17.6 Å². The molecule has 3 aromatic carbocycles. The Morgan fingerprint density at radius 2 is 1.65 bits per heavy atom. The Balaban J connectivity index is 1.32. The third-order valence-electron chi connectivity index (χ3n) is 8.29. The van der Waals surface area contributed by atoms with Crippen LogP contribution >= 0.6 is 0 Å². The molecule has 4 aromatic rings. The van der Waals surface area contributed by atoms with Crippen LogP contribution < -0.4 is 9.47 Å². The number of piperidine rings is 1. The molecule has 0 amide bonds. The Morgan fingerprint density at radius 1 is 1.00 bits per heavy atom. The first-order chi connectivity index (χ1) is 22.0. The molecule has 2 heterocycles. The highest BCUT2D eigenvalue weighted by Crippen LogP contribution is 2.44. The number of alkyl halides is 3. The standard InChI is InChI=1S/C35H36F3N3O5/c1-4-45-33(42)19-24-5-12-28(13-6-24)46-29-15-17-40(18-16-29)23-34(43,35(36,37)38)31-22-41(21-25-7-10-27(44-3)11-8-25)32-20-26(39-2)9-14-30(31)32/h5-14,20,22,29,43H,4,15-19,21,23H2,1,3H3. The van der Waals surface area contributed by atoms with Crippen molar-refractivity contribution in [3.05, 3.63) is 101 Å². The summed E-state index contributed by atoms with van der Waals surface area (Å²) in [6.45, 7) is 9.70. The molecule has 242 valence electrons. The van der Waals surface area contributed by atoms with Gasteiger partial charge in [-0.25, -0.2) is 4.85 Å². The van der Waals surface area contributed by atoms with Crippen molar-refractivity contribution >= 4 is 22.6 Å². The molecule has 1 saturated heterocycles. The molecule has 0 bridgehead atoms. The lowest BCUT2D eigenvalue weighted by Crippen LogP contribution is -2.53. The van der Waals surface area contributed by atoms with Crippen LogP contribution in [-0.4, -0.2) is 66.2 Å². The van der Waals surface area contributed by atoms with E-state index in [1.807, 2.05) is 12.1 Å². The number of halogens is 3. The van der Waals surface area contributed by atoms with Crippen molar-refractivity contribution in [2.75, 3.05) is 33.4 Å². The first kappa shape index (κ1) is 32.9. The summed E-state index contributed by atoms with van der Waals surface area (Å²) in [7, 11) is 1.55. The zero-order valence-corrected chi connectivity index (χ0v) is 25.7. The molecule has 1 aromatic heterocycles. The number of benzene rings is 3. The Hall–Kier alpha value is -4.53. The summed E-state index contributed by atoms with van der Waals surface area (Å²) in [5.41, 5.74) is -1.06. The number of nitrogens with zero attached hydrogens (tertiary/aromatic N) is 3. The third kappa shape index (κ3) is 7.30. The van der Waals surface area contributed by atoms with E-state index in [9.17, 15) is 23.1 Å². The molecule has 0 radical (unpaired) electrons. The first-order valence-electron chi connectivity index (χ1n) is 15.1. The van der Waals surface area contributed by atoms with E-state index in [0.29, 0.717) is 55.2 Å². The number of rotatable bonds is 11. The number of aromatic nitrogens is 1. The Kier molecular flexibility index (Phi) is 9.89. The second kappa shape index (κ2) is 13.8. The molecular formula is C35H36F3N3O5.